The van der Waals surface area contributed by atoms with Crippen LogP contribution in [0.5, 0.6) is 5.75 Å². The summed E-state index contributed by atoms with van der Waals surface area (Å²) in [4.78, 5) is 25.2. The number of nitrogens with zero attached hydrogens (tertiary/aromatic N) is 1. The summed E-state index contributed by atoms with van der Waals surface area (Å²) in [7, 11) is 0. The van der Waals surface area contributed by atoms with Crippen molar-refractivity contribution in [3.05, 3.63) is 29.8 Å². The van der Waals surface area contributed by atoms with Gasteiger partial charge in [0.1, 0.15) is 11.8 Å². The fraction of sp³-hybridized carbons (Fsp3) is 0.385. The van der Waals surface area contributed by atoms with E-state index in [-0.39, 0.29) is 29.9 Å². The van der Waals surface area contributed by atoms with Gasteiger partial charge in [-0.1, -0.05) is 18.2 Å². The van der Waals surface area contributed by atoms with Gasteiger partial charge >= 0.3 is 0 Å². The largest absolute Gasteiger partial charge is 0.508 e. The molecule has 0 bridgehead atoms. The van der Waals surface area contributed by atoms with Crippen molar-refractivity contribution >= 4 is 11.7 Å². The number of amides is 1. The van der Waals surface area contributed by atoms with Crippen LogP contribution in [0.4, 0.5) is 0 Å². The lowest BCUT2D eigenvalue weighted by molar-refractivity contribution is -0.130. The standard InChI is InChI=1S/C13H15NO3/c1-8(2)14-12(17)7-11(16)13(14)9-5-3-4-6-10(9)15/h3-6,8,13,15H,7H2,1-2H3. The fourth-order valence-corrected chi connectivity index (χ4v) is 2.26. The van der Waals surface area contributed by atoms with Gasteiger partial charge in [0.25, 0.3) is 0 Å². The second-order valence-corrected chi connectivity index (χ2v) is 4.50. The number of rotatable bonds is 2. The first-order valence-electron chi connectivity index (χ1n) is 5.64. The second-order valence-electron chi connectivity index (χ2n) is 4.50. The topological polar surface area (TPSA) is 57.6 Å². The highest BCUT2D eigenvalue weighted by atomic mass is 16.3. The number of carbonyl (C=O) groups is 2. The highest BCUT2D eigenvalue weighted by Crippen LogP contribution is 2.35. The third-order valence-corrected chi connectivity index (χ3v) is 2.98. The molecule has 4 nitrogen and oxygen atoms in total. The number of phenols is 1. The van der Waals surface area contributed by atoms with Crippen molar-refractivity contribution in [2.24, 2.45) is 0 Å². The van der Waals surface area contributed by atoms with Gasteiger partial charge in [0, 0.05) is 11.6 Å². The minimum atomic E-state index is -0.635. The lowest BCUT2D eigenvalue weighted by atomic mass is 10.0. The summed E-state index contributed by atoms with van der Waals surface area (Å²) in [6.07, 6.45) is -0.0722. The number of phenolic OH excluding ortho intramolecular Hbond substituents is 1. The van der Waals surface area contributed by atoms with E-state index in [2.05, 4.69) is 0 Å². The Labute approximate surface area is 99.9 Å². The van der Waals surface area contributed by atoms with Crippen LogP contribution in [0, 0.1) is 0 Å². The van der Waals surface area contributed by atoms with Crippen molar-refractivity contribution in [2.75, 3.05) is 0 Å². The van der Waals surface area contributed by atoms with Gasteiger partial charge in [-0.3, -0.25) is 9.59 Å². The maximum atomic E-state index is 11.9. The predicted molar refractivity (Wildman–Crippen MR) is 62.5 cm³/mol. The second kappa shape index (κ2) is 4.20. The van der Waals surface area contributed by atoms with Gasteiger partial charge in [0.2, 0.25) is 5.91 Å². The van der Waals surface area contributed by atoms with E-state index in [1.54, 1.807) is 18.2 Å². The number of benzene rings is 1. The Morgan fingerprint density at radius 1 is 1.29 bits per heavy atom. The number of carbonyl (C=O) groups excluding carboxylic acids is 2. The zero-order valence-electron chi connectivity index (χ0n) is 9.88. The number of Topliss-reactive ketones (excluding diaryl/α,β-unsaturated/α-hetero) is 1. The summed E-state index contributed by atoms with van der Waals surface area (Å²) < 4.78 is 0. The Morgan fingerprint density at radius 3 is 2.53 bits per heavy atom. The molecule has 90 valence electrons. The smallest absolute Gasteiger partial charge is 0.231 e. The van der Waals surface area contributed by atoms with E-state index in [9.17, 15) is 14.7 Å². The van der Waals surface area contributed by atoms with Gasteiger partial charge < -0.3 is 10.0 Å². The van der Waals surface area contributed by atoms with Crippen LogP contribution in [-0.2, 0) is 9.59 Å². The van der Waals surface area contributed by atoms with Crippen LogP contribution in [-0.4, -0.2) is 27.7 Å². The van der Waals surface area contributed by atoms with Crippen LogP contribution in [0.3, 0.4) is 0 Å². The summed E-state index contributed by atoms with van der Waals surface area (Å²) in [5.41, 5.74) is 0.511. The van der Waals surface area contributed by atoms with E-state index in [1.807, 2.05) is 13.8 Å². The molecule has 0 saturated carbocycles. The average Bonchev–Trinajstić information content (AvgIpc) is 2.54. The Balaban J connectivity index is 2.46. The SMILES string of the molecule is CC(C)N1C(=O)CC(=O)C1c1ccccc1O. The van der Waals surface area contributed by atoms with Crippen LogP contribution < -0.4 is 0 Å². The first kappa shape index (κ1) is 11.6. The van der Waals surface area contributed by atoms with Gasteiger partial charge in [-0.25, -0.2) is 0 Å². The van der Waals surface area contributed by atoms with Crippen molar-refractivity contribution in [3.8, 4) is 5.75 Å². The van der Waals surface area contributed by atoms with Crippen LogP contribution in [0.2, 0.25) is 0 Å². The molecule has 1 unspecified atom stereocenters. The molecule has 17 heavy (non-hydrogen) atoms. The van der Waals surface area contributed by atoms with E-state index in [1.165, 1.54) is 11.0 Å². The van der Waals surface area contributed by atoms with Crippen molar-refractivity contribution < 1.29 is 14.7 Å². The van der Waals surface area contributed by atoms with Crippen LogP contribution in [0.25, 0.3) is 0 Å². The number of aromatic hydroxyl groups is 1. The zero-order chi connectivity index (χ0) is 12.6. The molecule has 0 aromatic heterocycles. The van der Waals surface area contributed by atoms with Crippen molar-refractivity contribution in [1.29, 1.82) is 0 Å². The molecule has 0 radical (unpaired) electrons. The minimum absolute atomic E-state index is 0.0569. The number of ketones is 1. The lowest BCUT2D eigenvalue weighted by Crippen LogP contribution is -2.35. The van der Waals surface area contributed by atoms with E-state index < -0.39 is 6.04 Å². The Kier molecular flexibility index (Phi) is 2.88. The number of para-hydroxylation sites is 1. The van der Waals surface area contributed by atoms with E-state index >= 15 is 0 Å². The fourth-order valence-electron chi connectivity index (χ4n) is 2.26. The van der Waals surface area contributed by atoms with Gasteiger partial charge in [0.05, 0.1) is 6.42 Å². The van der Waals surface area contributed by atoms with E-state index in [0.717, 1.165) is 0 Å². The molecule has 0 spiro atoms. The third-order valence-electron chi connectivity index (χ3n) is 2.98. The molecule has 1 aliphatic rings. The molecule has 1 N–H and O–H groups in total. The molecular formula is C13H15NO3. The lowest BCUT2D eigenvalue weighted by Gasteiger charge is -2.28. The van der Waals surface area contributed by atoms with Gasteiger partial charge in [0.15, 0.2) is 5.78 Å². The van der Waals surface area contributed by atoms with Crippen LogP contribution in [0.1, 0.15) is 31.9 Å². The first-order chi connectivity index (χ1) is 8.02. The Morgan fingerprint density at radius 2 is 1.94 bits per heavy atom. The quantitative estimate of drug-likeness (QED) is 0.790. The summed E-state index contributed by atoms with van der Waals surface area (Å²) in [5.74, 6) is -0.255. The van der Waals surface area contributed by atoms with Crippen molar-refractivity contribution in [2.45, 2.75) is 32.4 Å². The molecule has 1 fully saturated rings. The maximum Gasteiger partial charge on any atom is 0.231 e. The number of likely N-dealkylation sites (tertiary alicyclic amines) is 1. The average molecular weight is 233 g/mol. The molecule has 1 aliphatic heterocycles. The van der Waals surface area contributed by atoms with Crippen molar-refractivity contribution in [1.82, 2.24) is 4.90 Å². The van der Waals surface area contributed by atoms with Gasteiger partial charge in [-0.2, -0.15) is 0 Å². The van der Waals surface area contributed by atoms with Gasteiger partial charge in [-0.05, 0) is 19.9 Å². The molecule has 1 amide bonds. The summed E-state index contributed by atoms with van der Waals surface area (Å²) >= 11 is 0. The van der Waals surface area contributed by atoms with E-state index in [4.69, 9.17) is 0 Å². The first-order valence-corrected chi connectivity index (χ1v) is 5.64. The Bertz CT molecular complexity index is 467. The maximum absolute atomic E-state index is 11.9. The number of hydrogen-bond donors (Lipinski definition) is 1. The molecular weight excluding hydrogens is 218 g/mol. The normalized spacial score (nSPS) is 20.4. The molecule has 1 atom stereocenters. The summed E-state index contributed by atoms with van der Waals surface area (Å²) in [5, 5.41) is 9.78. The van der Waals surface area contributed by atoms with E-state index in [0.29, 0.717) is 5.56 Å². The van der Waals surface area contributed by atoms with Crippen LogP contribution in [0.15, 0.2) is 24.3 Å². The third kappa shape index (κ3) is 1.90. The molecule has 1 aromatic rings. The minimum Gasteiger partial charge on any atom is -0.508 e. The number of hydrogen-bond acceptors (Lipinski definition) is 3. The summed E-state index contributed by atoms with van der Waals surface area (Å²) in [6, 6.07) is 5.97. The molecule has 1 heterocycles. The monoisotopic (exact) mass is 233 g/mol. The zero-order valence-corrected chi connectivity index (χ0v) is 9.88. The molecule has 4 heteroatoms. The van der Waals surface area contributed by atoms with Crippen LogP contribution >= 0.6 is 0 Å². The molecule has 0 aliphatic carbocycles. The predicted octanol–water partition coefficient (Wildman–Crippen LogP) is 1.64. The Hall–Kier alpha value is -1.84. The molecule has 1 saturated heterocycles. The highest BCUT2D eigenvalue weighted by Gasteiger charge is 2.41. The van der Waals surface area contributed by atoms with Gasteiger partial charge in [-0.15, -0.1) is 0 Å². The molecule has 1 aromatic carbocycles. The highest BCUT2D eigenvalue weighted by molar-refractivity contribution is 6.08. The molecule has 2 rings (SSSR count). The summed E-state index contributed by atoms with van der Waals surface area (Å²) in [6.45, 7) is 3.73. The van der Waals surface area contributed by atoms with Crippen molar-refractivity contribution in [3.63, 3.8) is 0 Å².